The Morgan fingerprint density at radius 3 is 1.67 bits per heavy atom. The van der Waals surface area contributed by atoms with Gasteiger partial charge in [-0.25, -0.2) is 4.98 Å². The van der Waals surface area contributed by atoms with Crippen LogP contribution < -0.4 is 14.5 Å². The van der Waals surface area contributed by atoms with E-state index in [9.17, 15) is 2.74 Å². The second-order valence-electron chi connectivity index (χ2n) is 25.9. The Labute approximate surface area is 524 Å². The Bertz CT molecular complexity index is 4510. The van der Waals surface area contributed by atoms with Crippen molar-refractivity contribution in [2.24, 2.45) is 5.41 Å². The summed E-state index contributed by atoms with van der Waals surface area (Å²) < 4.78 is 28.3. The first-order valence-electron chi connectivity index (χ1n) is 30.6. The zero-order chi connectivity index (χ0) is 60.2. The summed E-state index contributed by atoms with van der Waals surface area (Å²) in [5, 5.41) is 2.13. The van der Waals surface area contributed by atoms with Crippen molar-refractivity contribution in [1.82, 2.24) is 9.55 Å². The molecule has 0 atom stereocenters. The van der Waals surface area contributed by atoms with Crippen LogP contribution in [0.3, 0.4) is 0 Å². The number of nitrogens with zero attached hydrogens (tertiary/aromatic N) is 4. The summed E-state index contributed by atoms with van der Waals surface area (Å²) >= 11 is 0. The van der Waals surface area contributed by atoms with Crippen molar-refractivity contribution >= 4 is 44.6 Å². The molecule has 2 aromatic heterocycles. The van der Waals surface area contributed by atoms with Gasteiger partial charge in [0, 0.05) is 75.2 Å². The Kier molecular flexibility index (Phi) is 13.6. The van der Waals surface area contributed by atoms with Crippen molar-refractivity contribution < 1.29 is 28.5 Å². The minimum atomic E-state index is -1.65. The van der Waals surface area contributed by atoms with Crippen LogP contribution in [0.15, 0.2) is 237 Å². The van der Waals surface area contributed by atoms with Gasteiger partial charge >= 0.3 is 0 Å². The molecule has 0 unspecified atom stereocenters. The number of benzene rings is 10. The van der Waals surface area contributed by atoms with E-state index < -0.39 is 17.2 Å². The molecular formula is C80H69N4OPt-3. The van der Waals surface area contributed by atoms with Gasteiger partial charge in [0.2, 0.25) is 0 Å². The molecular weight excluding hydrogens is 1230 g/mol. The van der Waals surface area contributed by atoms with Crippen LogP contribution in [0.25, 0.3) is 61.0 Å². The van der Waals surface area contributed by atoms with Crippen molar-refractivity contribution in [1.29, 1.82) is 0 Å². The molecule has 1 aliphatic heterocycles. The van der Waals surface area contributed by atoms with Crippen LogP contribution in [0, 0.1) is 24.2 Å². The molecule has 12 aromatic rings. The van der Waals surface area contributed by atoms with Gasteiger partial charge in [-0.05, 0) is 132 Å². The van der Waals surface area contributed by atoms with E-state index in [1.807, 2.05) is 81.6 Å². The maximum absolute atomic E-state index is 9.56. The van der Waals surface area contributed by atoms with Gasteiger partial charge in [-0.3, -0.25) is 0 Å². The molecule has 0 saturated heterocycles. The maximum Gasteiger partial charge on any atom is 0.135 e. The van der Waals surface area contributed by atoms with Crippen molar-refractivity contribution in [2.75, 3.05) is 9.80 Å². The van der Waals surface area contributed by atoms with E-state index >= 15 is 0 Å². The number of fused-ring (bicyclic) bond motifs is 7. The van der Waals surface area contributed by atoms with Gasteiger partial charge < -0.3 is 19.1 Å². The van der Waals surface area contributed by atoms with E-state index in [0.29, 0.717) is 17.1 Å². The maximum atomic E-state index is 9.56. The van der Waals surface area contributed by atoms with Crippen LogP contribution in [0.5, 0.6) is 11.5 Å². The number of rotatable bonds is 10. The van der Waals surface area contributed by atoms with E-state index in [-0.39, 0.29) is 31.9 Å². The molecule has 0 fully saturated rings. The van der Waals surface area contributed by atoms with Crippen molar-refractivity contribution in [2.45, 2.75) is 84.9 Å². The fourth-order valence-electron chi connectivity index (χ4n) is 13.0. The molecule has 0 amide bonds. The molecule has 10 aromatic carbocycles. The van der Waals surface area contributed by atoms with E-state index in [4.69, 9.17) is 9.72 Å². The van der Waals surface area contributed by atoms with Crippen LogP contribution in [0.2, 0.25) is 0 Å². The molecule has 2 aliphatic rings. The zero-order valence-corrected chi connectivity index (χ0v) is 52.4. The number of hydrogen-bond acceptors (Lipinski definition) is 4. The number of pyridine rings is 1. The SMILES string of the molecule is [2H]C([2H])(c1cc(-c2ccccc2)c(N2[CH-]N(c3[c-]c(Oc4[c-]c5c(cc4)c4ccccc4n5-c4cc(C5(c6cc(C(C)(C)C)cc(C(C)(C)C)c6)c6ccccc6-c6ccccc65)ccn4)ccc3)c3ccccc32)c(-c2ccccc2)c1)C(C)(C)C.[Pt]. The molecule has 5 nitrogen and oxygen atoms in total. The van der Waals surface area contributed by atoms with E-state index in [2.05, 4.69) is 251 Å². The van der Waals surface area contributed by atoms with Gasteiger partial charge in [0.05, 0.1) is 5.41 Å². The second kappa shape index (κ2) is 21.6. The molecule has 0 saturated carbocycles. The summed E-state index contributed by atoms with van der Waals surface area (Å²) in [7, 11) is 0. The van der Waals surface area contributed by atoms with Crippen LogP contribution in [-0.4, -0.2) is 9.55 Å². The third-order valence-corrected chi connectivity index (χ3v) is 16.9. The Morgan fingerprint density at radius 2 is 1.06 bits per heavy atom. The molecule has 6 heteroatoms. The molecule has 1 aliphatic carbocycles. The van der Waals surface area contributed by atoms with Gasteiger partial charge in [0.15, 0.2) is 0 Å². The predicted octanol–water partition coefficient (Wildman–Crippen LogP) is 20.9. The molecule has 428 valence electrons. The van der Waals surface area contributed by atoms with E-state index in [1.54, 1.807) is 0 Å². The fraction of sp³-hybridized carbons (Fsp3) is 0.175. The minimum Gasteiger partial charge on any atom is -0.509 e. The van der Waals surface area contributed by atoms with Gasteiger partial charge in [0.25, 0.3) is 0 Å². The first-order chi connectivity index (χ1) is 41.8. The van der Waals surface area contributed by atoms with Gasteiger partial charge in [-0.1, -0.05) is 226 Å². The molecule has 0 N–H and O–H groups in total. The first-order valence-corrected chi connectivity index (χ1v) is 29.6. The summed E-state index contributed by atoms with van der Waals surface area (Å²) in [6.07, 6.45) is 0.333. The van der Waals surface area contributed by atoms with Crippen LogP contribution >= 0.6 is 0 Å². The topological polar surface area (TPSA) is 33.5 Å². The van der Waals surface area contributed by atoms with Gasteiger partial charge in [-0.2, -0.15) is 12.1 Å². The third kappa shape index (κ3) is 9.84. The number of anilines is 4. The fourth-order valence-corrected chi connectivity index (χ4v) is 13.0. The predicted molar refractivity (Wildman–Crippen MR) is 353 cm³/mol. The van der Waals surface area contributed by atoms with Crippen molar-refractivity contribution in [3.63, 3.8) is 0 Å². The normalized spacial score (nSPS) is 14.1. The van der Waals surface area contributed by atoms with Gasteiger partial charge in [-0.15, -0.1) is 48.1 Å². The number of aromatic nitrogens is 2. The summed E-state index contributed by atoms with van der Waals surface area (Å²) in [6.45, 7) is 21.9. The smallest absolute Gasteiger partial charge is 0.135 e. The van der Waals surface area contributed by atoms with Crippen molar-refractivity contribution in [3.8, 4) is 50.7 Å². The molecule has 0 bridgehead atoms. The van der Waals surface area contributed by atoms with Crippen molar-refractivity contribution in [3.05, 3.63) is 294 Å². The van der Waals surface area contributed by atoms with Crippen LogP contribution in [0.1, 0.15) is 104 Å². The third-order valence-electron chi connectivity index (χ3n) is 16.9. The Balaban J connectivity index is 0.00000714. The second-order valence-corrected chi connectivity index (χ2v) is 25.9. The molecule has 0 spiro atoms. The standard InChI is InChI=1S/C80H69N4O.Pt/c1-77(2,3)51-53-43-67(54-25-12-10-13-26-54)76(68(44-53)55-27-14-11-15-28-55)83-52-82(72-37-22-23-38-73(72)83)60-29-24-30-61(49-60)85-62-39-40-66-65-33-18-21-36-71(65)84(74(66)50-62)75-48-56(41-42-81-75)80(59-46-57(78(4,5)6)45-58(47-59)79(7,8)9)69-34-19-16-31-63(69)64-32-17-20-35-70(64)80;/h10-48,52H,51H2,1-9H3;/q-3;/i51D2;. The van der Waals surface area contributed by atoms with Gasteiger partial charge in [0.1, 0.15) is 5.82 Å². The number of ether oxygens (including phenoxy) is 1. The zero-order valence-electron chi connectivity index (χ0n) is 52.1. The number of para-hydroxylation sites is 3. The molecule has 14 rings (SSSR count). The average molecular weight is 1300 g/mol. The Hall–Kier alpha value is -8.76. The average Bonchev–Trinajstić information content (AvgIpc) is 1.52. The molecule has 86 heavy (non-hydrogen) atoms. The summed E-state index contributed by atoms with van der Waals surface area (Å²) in [4.78, 5) is 9.67. The van der Waals surface area contributed by atoms with E-state index in [1.165, 1.54) is 38.9 Å². The molecule has 3 heterocycles. The molecule has 0 radical (unpaired) electrons. The van der Waals surface area contributed by atoms with Crippen LogP contribution in [-0.2, 0) is 43.7 Å². The number of hydrogen-bond donors (Lipinski definition) is 0. The monoisotopic (exact) mass is 1300 g/mol. The quantitative estimate of drug-likeness (QED) is 0.128. The minimum absolute atomic E-state index is 0. The largest absolute Gasteiger partial charge is 0.509 e. The first kappa shape index (κ1) is 53.9. The summed E-state index contributed by atoms with van der Waals surface area (Å²) in [5.41, 5.74) is 18.4. The summed E-state index contributed by atoms with van der Waals surface area (Å²) in [6, 6.07) is 89.1. The van der Waals surface area contributed by atoms with Crippen LogP contribution in [0.4, 0.5) is 22.7 Å². The van der Waals surface area contributed by atoms with E-state index in [0.717, 1.165) is 78.2 Å². The Morgan fingerprint density at radius 1 is 0.500 bits per heavy atom. The summed E-state index contributed by atoms with van der Waals surface area (Å²) in [5.74, 6) is 1.86.